The van der Waals surface area contributed by atoms with Crippen molar-refractivity contribution in [2.45, 2.75) is 52.0 Å². The summed E-state index contributed by atoms with van der Waals surface area (Å²) in [7, 11) is 2.13. The van der Waals surface area contributed by atoms with E-state index in [-0.39, 0.29) is 0 Å². The molecule has 1 aliphatic rings. The van der Waals surface area contributed by atoms with Crippen LogP contribution in [0.4, 0.5) is 0 Å². The zero-order valence-electron chi connectivity index (χ0n) is 12.1. The molecule has 1 saturated carbocycles. The number of hydrogen-bond acceptors (Lipinski definition) is 1. The molecule has 1 nitrogen and oxygen atoms in total. The largest absolute Gasteiger partial charge is 0.316 e. The van der Waals surface area contributed by atoms with Gasteiger partial charge in [-0.3, -0.25) is 0 Å². The van der Waals surface area contributed by atoms with Crippen LogP contribution in [0.1, 0.15) is 43.7 Å². The van der Waals surface area contributed by atoms with Crippen LogP contribution in [0, 0.1) is 18.8 Å². The highest BCUT2D eigenvalue weighted by Gasteiger charge is 2.25. The molecular weight excluding hydrogens is 218 g/mol. The van der Waals surface area contributed by atoms with Crippen molar-refractivity contribution in [1.29, 1.82) is 0 Å². The van der Waals surface area contributed by atoms with E-state index in [2.05, 4.69) is 50.5 Å². The molecule has 1 N–H and O–H groups in total. The van der Waals surface area contributed by atoms with Crippen LogP contribution < -0.4 is 5.32 Å². The zero-order valence-corrected chi connectivity index (χ0v) is 12.1. The van der Waals surface area contributed by atoms with Gasteiger partial charge >= 0.3 is 0 Å². The van der Waals surface area contributed by atoms with Crippen molar-refractivity contribution in [1.82, 2.24) is 5.32 Å². The second kappa shape index (κ2) is 6.38. The van der Waals surface area contributed by atoms with Gasteiger partial charge in [0.1, 0.15) is 0 Å². The van der Waals surface area contributed by atoms with Gasteiger partial charge in [-0.25, -0.2) is 0 Å². The molecule has 0 amide bonds. The summed E-state index contributed by atoms with van der Waals surface area (Å²) in [6.07, 6.45) is 6.81. The Labute approximate surface area is 112 Å². The van der Waals surface area contributed by atoms with Crippen LogP contribution in [0.15, 0.2) is 24.3 Å². The maximum absolute atomic E-state index is 3.56. The van der Waals surface area contributed by atoms with E-state index in [9.17, 15) is 0 Å². The molecule has 1 unspecified atom stereocenters. The van der Waals surface area contributed by atoms with Crippen molar-refractivity contribution in [3.05, 3.63) is 35.4 Å². The molecule has 100 valence electrons. The molecule has 1 aromatic rings. The Morgan fingerprint density at radius 1 is 1.17 bits per heavy atom. The molecule has 1 fully saturated rings. The van der Waals surface area contributed by atoms with E-state index in [1.54, 1.807) is 0 Å². The summed E-state index contributed by atoms with van der Waals surface area (Å²) in [5, 5.41) is 3.56. The summed E-state index contributed by atoms with van der Waals surface area (Å²) in [5.41, 5.74) is 2.94. The molecule has 0 bridgehead atoms. The minimum Gasteiger partial charge on any atom is -0.316 e. The van der Waals surface area contributed by atoms with E-state index in [0.29, 0.717) is 6.04 Å². The van der Waals surface area contributed by atoms with Crippen LogP contribution >= 0.6 is 0 Å². The van der Waals surface area contributed by atoms with Gasteiger partial charge in [0, 0.05) is 6.04 Å². The fraction of sp³-hybridized carbons (Fsp3) is 0.647. The Balaban J connectivity index is 1.99. The lowest BCUT2D eigenvalue weighted by molar-refractivity contribution is 0.235. The third-order valence-electron chi connectivity index (χ3n) is 4.70. The van der Waals surface area contributed by atoms with E-state index in [1.807, 2.05) is 0 Å². The first kappa shape index (κ1) is 13.6. The van der Waals surface area contributed by atoms with Crippen LogP contribution in [-0.4, -0.2) is 13.1 Å². The molecule has 2 rings (SSSR count). The normalized spacial score (nSPS) is 25.9. The minimum absolute atomic E-state index is 0.651. The lowest BCUT2D eigenvalue weighted by Gasteiger charge is -2.33. The topological polar surface area (TPSA) is 12.0 Å². The Kier molecular flexibility index (Phi) is 4.82. The Bertz CT molecular complexity index is 364. The number of aryl methyl sites for hydroxylation is 1. The third kappa shape index (κ3) is 3.35. The summed E-state index contributed by atoms with van der Waals surface area (Å²) >= 11 is 0. The quantitative estimate of drug-likeness (QED) is 0.847. The van der Waals surface area contributed by atoms with Gasteiger partial charge in [0.25, 0.3) is 0 Å². The van der Waals surface area contributed by atoms with Gasteiger partial charge in [-0.15, -0.1) is 0 Å². The number of hydrogen-bond donors (Lipinski definition) is 1. The van der Waals surface area contributed by atoms with Crippen LogP contribution in [-0.2, 0) is 6.42 Å². The molecule has 0 aliphatic heterocycles. The molecule has 1 atom stereocenters. The monoisotopic (exact) mass is 245 g/mol. The SMILES string of the molecule is CNC(Cc1ccccc1C)C1CCC(C)CC1. The van der Waals surface area contributed by atoms with Crippen molar-refractivity contribution in [3.63, 3.8) is 0 Å². The van der Waals surface area contributed by atoms with Crippen molar-refractivity contribution in [3.8, 4) is 0 Å². The molecule has 0 radical (unpaired) electrons. The van der Waals surface area contributed by atoms with E-state index < -0.39 is 0 Å². The van der Waals surface area contributed by atoms with Gasteiger partial charge in [-0.2, -0.15) is 0 Å². The summed E-state index contributed by atoms with van der Waals surface area (Å²) in [4.78, 5) is 0. The predicted molar refractivity (Wildman–Crippen MR) is 78.9 cm³/mol. The summed E-state index contributed by atoms with van der Waals surface area (Å²) < 4.78 is 0. The van der Waals surface area contributed by atoms with Crippen LogP contribution in [0.2, 0.25) is 0 Å². The van der Waals surface area contributed by atoms with E-state index in [0.717, 1.165) is 11.8 Å². The Morgan fingerprint density at radius 3 is 2.44 bits per heavy atom. The molecule has 0 saturated heterocycles. The first-order valence-corrected chi connectivity index (χ1v) is 7.42. The molecule has 0 spiro atoms. The maximum Gasteiger partial charge on any atom is 0.0133 e. The van der Waals surface area contributed by atoms with Gasteiger partial charge in [-0.05, 0) is 56.2 Å². The molecule has 1 aliphatic carbocycles. The zero-order chi connectivity index (χ0) is 13.0. The first-order chi connectivity index (χ1) is 8.70. The average Bonchev–Trinajstić information content (AvgIpc) is 2.39. The van der Waals surface area contributed by atoms with Crippen LogP contribution in [0.25, 0.3) is 0 Å². The smallest absolute Gasteiger partial charge is 0.0133 e. The minimum atomic E-state index is 0.651. The number of benzene rings is 1. The number of likely N-dealkylation sites (N-methyl/N-ethyl adjacent to an activating group) is 1. The highest BCUT2D eigenvalue weighted by molar-refractivity contribution is 5.26. The summed E-state index contributed by atoms with van der Waals surface area (Å²) in [5.74, 6) is 1.81. The Hall–Kier alpha value is -0.820. The molecule has 0 heterocycles. The van der Waals surface area contributed by atoms with Crippen molar-refractivity contribution in [2.75, 3.05) is 7.05 Å². The third-order valence-corrected chi connectivity index (χ3v) is 4.70. The first-order valence-electron chi connectivity index (χ1n) is 7.42. The van der Waals surface area contributed by atoms with E-state index in [4.69, 9.17) is 0 Å². The standard InChI is InChI=1S/C17H27N/c1-13-8-10-15(11-9-13)17(18-3)12-16-7-5-4-6-14(16)2/h4-7,13,15,17-18H,8-12H2,1-3H3. The molecule has 1 heteroatoms. The van der Waals surface area contributed by atoms with Crippen LogP contribution in [0.3, 0.4) is 0 Å². The summed E-state index contributed by atoms with van der Waals surface area (Å²) in [6, 6.07) is 9.46. The van der Waals surface area contributed by atoms with Gasteiger partial charge in [0.15, 0.2) is 0 Å². The average molecular weight is 245 g/mol. The van der Waals surface area contributed by atoms with Gasteiger partial charge in [0.05, 0.1) is 0 Å². The van der Waals surface area contributed by atoms with Gasteiger partial charge < -0.3 is 5.32 Å². The number of rotatable bonds is 4. The summed E-state index contributed by atoms with van der Waals surface area (Å²) in [6.45, 7) is 4.62. The van der Waals surface area contributed by atoms with E-state index in [1.165, 1.54) is 43.2 Å². The fourth-order valence-electron chi connectivity index (χ4n) is 3.27. The Morgan fingerprint density at radius 2 is 1.83 bits per heavy atom. The maximum atomic E-state index is 3.56. The lowest BCUT2D eigenvalue weighted by Crippen LogP contribution is -2.37. The molecule has 0 aromatic heterocycles. The second-order valence-electron chi connectivity index (χ2n) is 6.05. The van der Waals surface area contributed by atoms with Gasteiger partial charge in [-0.1, -0.05) is 44.0 Å². The van der Waals surface area contributed by atoms with E-state index >= 15 is 0 Å². The van der Waals surface area contributed by atoms with Crippen molar-refractivity contribution < 1.29 is 0 Å². The predicted octanol–water partition coefficient (Wildman–Crippen LogP) is 3.95. The van der Waals surface area contributed by atoms with Crippen LogP contribution in [0.5, 0.6) is 0 Å². The number of nitrogens with one attached hydrogen (secondary N) is 1. The second-order valence-corrected chi connectivity index (χ2v) is 6.05. The highest BCUT2D eigenvalue weighted by atomic mass is 14.9. The van der Waals surface area contributed by atoms with Gasteiger partial charge in [0.2, 0.25) is 0 Å². The van der Waals surface area contributed by atoms with Crippen molar-refractivity contribution >= 4 is 0 Å². The lowest BCUT2D eigenvalue weighted by atomic mass is 9.77. The molecular formula is C17H27N. The molecule has 18 heavy (non-hydrogen) atoms. The fourth-order valence-corrected chi connectivity index (χ4v) is 3.27. The highest BCUT2D eigenvalue weighted by Crippen LogP contribution is 2.31. The molecule has 1 aromatic carbocycles. The van der Waals surface area contributed by atoms with Crippen molar-refractivity contribution in [2.24, 2.45) is 11.8 Å².